The smallest absolute Gasteiger partial charge is 0.312 e. The number of aliphatic hydroxyl groups is 1. The Hall–Kier alpha value is -1.10. The van der Waals surface area contributed by atoms with Gasteiger partial charge in [-0.2, -0.15) is 0 Å². The summed E-state index contributed by atoms with van der Waals surface area (Å²) in [4.78, 5) is 22.2. The molecule has 0 aliphatic carbocycles. The Morgan fingerprint density at radius 2 is 2.00 bits per heavy atom. The lowest BCUT2D eigenvalue weighted by molar-refractivity contribution is -0.159. The summed E-state index contributed by atoms with van der Waals surface area (Å²) in [5.74, 6) is -1.54. The second-order valence-corrected chi connectivity index (χ2v) is 3.52. The molecule has 15 heavy (non-hydrogen) atoms. The van der Waals surface area contributed by atoms with E-state index in [-0.39, 0.29) is 13.0 Å². The Kier molecular flexibility index (Phi) is 5.93. The van der Waals surface area contributed by atoms with Gasteiger partial charge in [-0.05, 0) is 19.3 Å². The largest absolute Gasteiger partial charge is 0.481 e. The molecule has 5 nitrogen and oxygen atoms in total. The van der Waals surface area contributed by atoms with Crippen LogP contribution in [0.25, 0.3) is 0 Å². The second kappa shape index (κ2) is 6.40. The van der Waals surface area contributed by atoms with E-state index < -0.39 is 17.4 Å². The molecule has 0 radical (unpaired) electrons. The minimum atomic E-state index is -1.03. The molecule has 5 heteroatoms. The molecule has 0 rings (SSSR count). The van der Waals surface area contributed by atoms with E-state index in [1.807, 2.05) is 0 Å². The van der Waals surface area contributed by atoms with Crippen LogP contribution in [0.2, 0.25) is 0 Å². The molecule has 0 heterocycles. The minimum Gasteiger partial charge on any atom is -0.481 e. The summed E-state index contributed by atoms with van der Waals surface area (Å²) in [6.07, 6.45) is 0.872. The number of aliphatic hydroxyl groups excluding tert-OH is 1. The zero-order chi connectivity index (χ0) is 11.9. The van der Waals surface area contributed by atoms with Crippen LogP contribution in [0.1, 0.15) is 32.6 Å². The predicted octanol–water partition coefficient (Wildman–Crippen LogP) is 0.803. The van der Waals surface area contributed by atoms with Crippen LogP contribution in [-0.4, -0.2) is 35.9 Å². The van der Waals surface area contributed by atoms with E-state index in [4.69, 9.17) is 10.2 Å². The van der Waals surface area contributed by atoms with Gasteiger partial charge in [0, 0.05) is 6.61 Å². The molecule has 0 fully saturated rings. The summed E-state index contributed by atoms with van der Waals surface area (Å²) >= 11 is 0. The van der Waals surface area contributed by atoms with Crippen LogP contribution in [-0.2, 0) is 14.3 Å². The first kappa shape index (κ1) is 13.9. The van der Waals surface area contributed by atoms with Crippen molar-refractivity contribution >= 4 is 11.9 Å². The monoisotopic (exact) mass is 218 g/mol. The number of carbonyl (C=O) groups is 2. The van der Waals surface area contributed by atoms with Gasteiger partial charge in [0.2, 0.25) is 0 Å². The van der Waals surface area contributed by atoms with E-state index in [0.29, 0.717) is 19.3 Å². The Morgan fingerprint density at radius 1 is 1.40 bits per heavy atom. The molecule has 0 spiro atoms. The maximum absolute atomic E-state index is 11.5. The summed E-state index contributed by atoms with van der Waals surface area (Å²) in [7, 11) is 1.24. The molecule has 0 aromatic heterocycles. The van der Waals surface area contributed by atoms with Crippen molar-refractivity contribution in [2.45, 2.75) is 32.6 Å². The highest BCUT2D eigenvalue weighted by Crippen LogP contribution is 2.33. The molecule has 0 saturated carbocycles. The number of ether oxygens (including phenoxy) is 1. The standard InChI is InChI=1S/C10H18O5/c1-3-10(5-4-6-11,7-8(12)13)9(14)15-2/h11H,3-7H2,1-2H3,(H,12,13). The lowest BCUT2D eigenvalue weighted by Crippen LogP contribution is -2.34. The first-order valence-electron chi connectivity index (χ1n) is 4.93. The number of rotatable bonds is 7. The number of carboxylic acids is 1. The van der Waals surface area contributed by atoms with E-state index in [1.165, 1.54) is 7.11 Å². The van der Waals surface area contributed by atoms with Gasteiger partial charge in [-0.3, -0.25) is 9.59 Å². The van der Waals surface area contributed by atoms with Crippen molar-refractivity contribution in [1.29, 1.82) is 0 Å². The highest BCUT2D eigenvalue weighted by Gasteiger charge is 2.39. The molecule has 88 valence electrons. The molecule has 0 saturated heterocycles. The van der Waals surface area contributed by atoms with Crippen LogP contribution in [0.5, 0.6) is 0 Å². The number of esters is 1. The van der Waals surface area contributed by atoms with Gasteiger partial charge in [0.25, 0.3) is 0 Å². The molecule has 0 aliphatic rings. The Labute approximate surface area is 89.0 Å². The van der Waals surface area contributed by atoms with Gasteiger partial charge in [-0.25, -0.2) is 0 Å². The molecular formula is C10H18O5. The average Bonchev–Trinajstić information content (AvgIpc) is 2.22. The first-order valence-corrected chi connectivity index (χ1v) is 4.93. The SMILES string of the molecule is CCC(CCCO)(CC(=O)O)C(=O)OC. The van der Waals surface area contributed by atoms with Crippen LogP contribution in [0.4, 0.5) is 0 Å². The van der Waals surface area contributed by atoms with Crippen LogP contribution >= 0.6 is 0 Å². The van der Waals surface area contributed by atoms with Crippen molar-refractivity contribution in [3.05, 3.63) is 0 Å². The van der Waals surface area contributed by atoms with Crippen LogP contribution < -0.4 is 0 Å². The van der Waals surface area contributed by atoms with Gasteiger partial charge < -0.3 is 14.9 Å². The van der Waals surface area contributed by atoms with Gasteiger partial charge in [0.1, 0.15) is 0 Å². The summed E-state index contributed by atoms with van der Waals surface area (Å²) < 4.78 is 4.62. The average molecular weight is 218 g/mol. The van der Waals surface area contributed by atoms with Crippen molar-refractivity contribution in [3.63, 3.8) is 0 Å². The number of methoxy groups -OCH3 is 1. The number of carbonyl (C=O) groups excluding carboxylic acids is 1. The fourth-order valence-corrected chi connectivity index (χ4v) is 1.63. The minimum absolute atomic E-state index is 0.0572. The lowest BCUT2D eigenvalue weighted by Gasteiger charge is -2.27. The van der Waals surface area contributed by atoms with Crippen molar-refractivity contribution in [1.82, 2.24) is 0 Å². The number of hydrogen-bond acceptors (Lipinski definition) is 4. The van der Waals surface area contributed by atoms with Gasteiger partial charge in [-0.15, -0.1) is 0 Å². The molecule has 0 aliphatic heterocycles. The maximum Gasteiger partial charge on any atom is 0.312 e. The van der Waals surface area contributed by atoms with Crippen molar-refractivity contribution in [2.75, 3.05) is 13.7 Å². The van der Waals surface area contributed by atoms with Gasteiger partial charge in [0.15, 0.2) is 0 Å². The topological polar surface area (TPSA) is 83.8 Å². The van der Waals surface area contributed by atoms with Gasteiger partial charge >= 0.3 is 11.9 Å². The lowest BCUT2D eigenvalue weighted by atomic mass is 9.77. The van der Waals surface area contributed by atoms with E-state index in [9.17, 15) is 9.59 Å². The third-order valence-electron chi connectivity index (χ3n) is 2.60. The zero-order valence-electron chi connectivity index (χ0n) is 9.15. The first-order chi connectivity index (χ1) is 7.02. The van der Waals surface area contributed by atoms with E-state index in [1.54, 1.807) is 6.92 Å². The molecule has 1 unspecified atom stereocenters. The second-order valence-electron chi connectivity index (χ2n) is 3.52. The highest BCUT2D eigenvalue weighted by molar-refractivity contribution is 5.82. The Morgan fingerprint density at radius 3 is 2.33 bits per heavy atom. The summed E-state index contributed by atoms with van der Waals surface area (Å²) in [6.45, 7) is 1.69. The number of aliphatic carboxylic acids is 1. The summed E-state index contributed by atoms with van der Waals surface area (Å²) in [6, 6.07) is 0. The number of carboxylic acid groups (broad SMARTS) is 1. The third-order valence-corrected chi connectivity index (χ3v) is 2.60. The van der Waals surface area contributed by atoms with E-state index >= 15 is 0 Å². The molecular weight excluding hydrogens is 200 g/mol. The maximum atomic E-state index is 11.5. The Balaban J connectivity index is 4.74. The molecule has 0 aromatic rings. The van der Waals surface area contributed by atoms with Crippen molar-refractivity contribution < 1.29 is 24.5 Å². The molecule has 0 amide bonds. The van der Waals surface area contributed by atoms with Crippen LogP contribution in [0, 0.1) is 5.41 Å². The van der Waals surface area contributed by atoms with E-state index in [0.717, 1.165) is 0 Å². The molecule has 2 N–H and O–H groups in total. The van der Waals surface area contributed by atoms with Gasteiger partial charge in [0.05, 0.1) is 18.9 Å². The summed E-state index contributed by atoms with van der Waals surface area (Å²) in [5.41, 5.74) is -0.997. The van der Waals surface area contributed by atoms with Crippen molar-refractivity contribution in [3.8, 4) is 0 Å². The van der Waals surface area contributed by atoms with Crippen LogP contribution in [0.15, 0.2) is 0 Å². The summed E-state index contributed by atoms with van der Waals surface area (Å²) in [5, 5.41) is 17.5. The third kappa shape index (κ3) is 3.87. The number of hydrogen-bond donors (Lipinski definition) is 2. The normalized spacial score (nSPS) is 14.3. The molecule has 0 bridgehead atoms. The molecule has 1 atom stereocenters. The van der Waals surface area contributed by atoms with Crippen molar-refractivity contribution in [2.24, 2.45) is 5.41 Å². The fourth-order valence-electron chi connectivity index (χ4n) is 1.63. The highest BCUT2D eigenvalue weighted by atomic mass is 16.5. The van der Waals surface area contributed by atoms with Crippen LogP contribution in [0.3, 0.4) is 0 Å². The van der Waals surface area contributed by atoms with Gasteiger partial charge in [-0.1, -0.05) is 6.92 Å². The van der Waals surface area contributed by atoms with E-state index in [2.05, 4.69) is 4.74 Å². The fraction of sp³-hybridized carbons (Fsp3) is 0.800. The molecule has 0 aromatic carbocycles. The zero-order valence-corrected chi connectivity index (χ0v) is 9.15. The predicted molar refractivity (Wildman–Crippen MR) is 53.3 cm³/mol. The quantitative estimate of drug-likeness (QED) is 0.617. The Bertz CT molecular complexity index is 226.